The van der Waals surface area contributed by atoms with E-state index < -0.39 is 0 Å². The number of aldehydes is 1. The van der Waals surface area contributed by atoms with Crippen molar-refractivity contribution in [1.82, 2.24) is 9.80 Å². The number of aromatic hydroxyl groups is 1. The second-order valence-corrected chi connectivity index (χ2v) is 11.5. The molecule has 3 heterocycles. The van der Waals surface area contributed by atoms with Gasteiger partial charge in [0, 0.05) is 42.9 Å². The van der Waals surface area contributed by atoms with E-state index in [9.17, 15) is 14.7 Å². The molecule has 9 nitrogen and oxygen atoms in total. The van der Waals surface area contributed by atoms with Crippen LogP contribution in [0.4, 0.5) is 0 Å². The first-order valence-corrected chi connectivity index (χ1v) is 14.6. The van der Waals surface area contributed by atoms with E-state index in [1.807, 2.05) is 37.4 Å². The van der Waals surface area contributed by atoms with Crippen molar-refractivity contribution < 1.29 is 33.6 Å². The Bertz CT molecular complexity index is 1800. The summed E-state index contributed by atoms with van der Waals surface area (Å²) in [7, 11) is 5.55. The van der Waals surface area contributed by atoms with Gasteiger partial charge in [-0.2, -0.15) is 0 Å². The number of carbonyl (C=O) groups is 2. The van der Waals surface area contributed by atoms with Crippen molar-refractivity contribution in [2.45, 2.75) is 25.3 Å². The summed E-state index contributed by atoms with van der Waals surface area (Å²) in [6.45, 7) is 1.52. The molecule has 3 aliphatic rings. The molecule has 0 spiro atoms. The van der Waals surface area contributed by atoms with Crippen LogP contribution in [-0.4, -0.2) is 61.4 Å². The molecule has 1 amide bonds. The monoisotopic (exact) mass is 592 g/mol. The molecule has 0 radical (unpaired) electrons. The molecule has 9 heteroatoms. The van der Waals surface area contributed by atoms with Gasteiger partial charge in [-0.25, -0.2) is 0 Å². The van der Waals surface area contributed by atoms with E-state index in [4.69, 9.17) is 18.9 Å². The molecule has 0 aliphatic carbocycles. The molecule has 0 bridgehead atoms. The summed E-state index contributed by atoms with van der Waals surface area (Å²) in [5, 5.41) is 10.2. The van der Waals surface area contributed by atoms with E-state index in [1.165, 1.54) is 18.2 Å². The Morgan fingerprint density at radius 3 is 2.43 bits per heavy atom. The number of carbonyl (C=O) groups excluding carboxylic acids is 2. The van der Waals surface area contributed by atoms with E-state index in [0.29, 0.717) is 64.9 Å². The number of likely N-dealkylation sites (N-methyl/N-ethyl adjacent to an activating group) is 2. The summed E-state index contributed by atoms with van der Waals surface area (Å²) in [6.07, 6.45) is 2.98. The van der Waals surface area contributed by atoms with Gasteiger partial charge in [-0.05, 0) is 91.5 Å². The van der Waals surface area contributed by atoms with Crippen LogP contribution >= 0.6 is 0 Å². The van der Waals surface area contributed by atoms with Gasteiger partial charge in [0.1, 0.15) is 12.0 Å². The molecule has 1 N–H and O–H groups in total. The van der Waals surface area contributed by atoms with Crippen molar-refractivity contribution in [3.05, 3.63) is 94.0 Å². The smallest absolute Gasteiger partial charge is 0.254 e. The van der Waals surface area contributed by atoms with Crippen molar-refractivity contribution in [3.8, 4) is 46.0 Å². The largest absolute Gasteiger partial charge is 0.504 e. The average molecular weight is 593 g/mol. The molecule has 3 aliphatic heterocycles. The highest BCUT2D eigenvalue weighted by atomic mass is 16.6. The van der Waals surface area contributed by atoms with Gasteiger partial charge in [0.2, 0.25) is 5.75 Å². The lowest BCUT2D eigenvalue weighted by molar-refractivity contribution is 0.0780. The predicted molar refractivity (Wildman–Crippen MR) is 163 cm³/mol. The lowest BCUT2D eigenvalue weighted by Crippen LogP contribution is -2.34. The van der Waals surface area contributed by atoms with Crippen LogP contribution in [0.2, 0.25) is 0 Å². The Morgan fingerprint density at radius 2 is 1.66 bits per heavy atom. The van der Waals surface area contributed by atoms with E-state index in [1.54, 1.807) is 18.1 Å². The van der Waals surface area contributed by atoms with E-state index in [2.05, 4.69) is 18.0 Å². The zero-order valence-electron chi connectivity index (χ0n) is 24.8. The molecule has 0 aromatic heterocycles. The first kappa shape index (κ1) is 27.8. The number of benzene rings is 4. The summed E-state index contributed by atoms with van der Waals surface area (Å²) >= 11 is 0. The number of amides is 1. The van der Waals surface area contributed by atoms with Crippen LogP contribution in [0.3, 0.4) is 0 Å². The number of ether oxygens (including phenoxy) is 4. The first-order valence-electron chi connectivity index (χ1n) is 14.6. The fourth-order valence-electron chi connectivity index (χ4n) is 6.25. The quantitative estimate of drug-likeness (QED) is 0.229. The van der Waals surface area contributed by atoms with Crippen LogP contribution in [0.1, 0.15) is 49.0 Å². The lowest BCUT2D eigenvalue weighted by atomic mass is 9.87. The summed E-state index contributed by atoms with van der Waals surface area (Å²) in [4.78, 5) is 28.1. The second kappa shape index (κ2) is 10.9. The highest BCUT2D eigenvalue weighted by molar-refractivity contribution is 5.97. The van der Waals surface area contributed by atoms with E-state index in [0.717, 1.165) is 41.6 Å². The normalized spacial score (nSPS) is 16.9. The minimum atomic E-state index is -0.0407. The summed E-state index contributed by atoms with van der Waals surface area (Å²) in [5.74, 6) is 3.57. The van der Waals surface area contributed by atoms with Crippen molar-refractivity contribution in [2.75, 3.05) is 34.3 Å². The van der Waals surface area contributed by atoms with Crippen molar-refractivity contribution >= 4 is 12.2 Å². The summed E-state index contributed by atoms with van der Waals surface area (Å²) < 4.78 is 24.7. The van der Waals surface area contributed by atoms with Crippen LogP contribution in [-0.2, 0) is 19.3 Å². The Kier molecular flexibility index (Phi) is 6.89. The molecule has 0 saturated heterocycles. The number of hydrogen-bond donors (Lipinski definition) is 1. The molecule has 4 aromatic rings. The highest BCUT2D eigenvalue weighted by Gasteiger charge is 2.36. The van der Waals surface area contributed by atoms with Crippen LogP contribution in [0.15, 0.2) is 60.7 Å². The standard InChI is InChI=1S/C35H32N2O7/c1-36-12-11-23-17-31(41-3)33-34(44-30-18-25-22(16-29(30)43-33)10-13-37(2)35(25)40)32(23)26(36)14-20-4-7-24(8-5-20)42-28-15-21(19-38)6-9-27(28)39/h4-9,15-19,26,39H,10-14H2,1-3H3/t26-/m1/s1. The van der Waals surface area contributed by atoms with Crippen LogP contribution in [0, 0.1) is 0 Å². The molecular formula is C35H32N2O7. The molecule has 0 unspecified atom stereocenters. The van der Waals surface area contributed by atoms with Crippen molar-refractivity contribution in [3.63, 3.8) is 0 Å². The average Bonchev–Trinajstić information content (AvgIpc) is 3.04. The highest BCUT2D eigenvalue weighted by Crippen LogP contribution is 2.56. The topological polar surface area (TPSA) is 97.8 Å². The van der Waals surface area contributed by atoms with Gasteiger partial charge in [0.25, 0.3) is 5.91 Å². The third-order valence-electron chi connectivity index (χ3n) is 8.73. The maximum absolute atomic E-state index is 12.9. The number of phenols is 1. The minimum absolute atomic E-state index is 0.0194. The second-order valence-electron chi connectivity index (χ2n) is 11.5. The van der Waals surface area contributed by atoms with Gasteiger partial charge in [-0.15, -0.1) is 0 Å². The Morgan fingerprint density at radius 1 is 0.909 bits per heavy atom. The van der Waals surface area contributed by atoms with Crippen molar-refractivity contribution in [2.24, 2.45) is 0 Å². The van der Waals surface area contributed by atoms with Gasteiger partial charge < -0.3 is 29.0 Å². The van der Waals surface area contributed by atoms with Gasteiger partial charge in [0.05, 0.1) is 7.11 Å². The molecule has 0 saturated carbocycles. The molecular weight excluding hydrogens is 560 g/mol. The third kappa shape index (κ3) is 4.79. The Balaban J connectivity index is 1.21. The fourth-order valence-corrected chi connectivity index (χ4v) is 6.25. The molecule has 0 fully saturated rings. The third-order valence-corrected chi connectivity index (χ3v) is 8.73. The zero-order chi connectivity index (χ0) is 30.5. The van der Waals surface area contributed by atoms with Crippen LogP contribution in [0.5, 0.6) is 46.0 Å². The molecule has 1 atom stereocenters. The summed E-state index contributed by atoms with van der Waals surface area (Å²) in [6, 6.07) is 17.9. The number of methoxy groups -OCH3 is 1. The van der Waals surface area contributed by atoms with E-state index in [-0.39, 0.29) is 23.4 Å². The molecule has 44 heavy (non-hydrogen) atoms. The van der Waals surface area contributed by atoms with Crippen molar-refractivity contribution in [1.29, 1.82) is 0 Å². The van der Waals surface area contributed by atoms with Gasteiger partial charge in [-0.1, -0.05) is 12.1 Å². The Labute approximate surface area is 255 Å². The molecule has 7 rings (SSSR count). The number of phenolic OH excluding ortho intramolecular Hbond substituents is 1. The molecule has 4 aromatic carbocycles. The van der Waals surface area contributed by atoms with Gasteiger partial charge >= 0.3 is 0 Å². The van der Waals surface area contributed by atoms with Gasteiger partial charge in [-0.3, -0.25) is 14.5 Å². The first-order chi connectivity index (χ1) is 21.3. The summed E-state index contributed by atoms with van der Waals surface area (Å²) in [5.41, 5.74) is 5.27. The maximum atomic E-state index is 12.9. The number of fused-ring (bicyclic) bond motifs is 5. The van der Waals surface area contributed by atoms with E-state index >= 15 is 0 Å². The number of rotatable bonds is 6. The molecule has 224 valence electrons. The predicted octanol–water partition coefficient (Wildman–Crippen LogP) is 6.30. The maximum Gasteiger partial charge on any atom is 0.254 e. The minimum Gasteiger partial charge on any atom is -0.504 e. The zero-order valence-corrected chi connectivity index (χ0v) is 24.8. The van der Waals surface area contributed by atoms with Gasteiger partial charge in [0.15, 0.2) is 34.5 Å². The number of nitrogens with zero attached hydrogens (tertiary/aromatic N) is 2. The fraction of sp³-hybridized carbons (Fsp3) is 0.257. The lowest BCUT2D eigenvalue weighted by Gasteiger charge is -2.38. The van der Waals surface area contributed by atoms with Crippen LogP contribution < -0.4 is 18.9 Å². The Hall–Kier alpha value is -5.02. The SMILES string of the molecule is COc1cc2c(c3c1Oc1cc4c(cc1O3)C(=O)N(C)CC4)[C@@H](Cc1ccc(Oc3cc(C=O)ccc3O)cc1)N(C)CC2. The number of hydrogen-bond acceptors (Lipinski definition) is 8. The van der Waals surface area contributed by atoms with Crippen LogP contribution in [0.25, 0.3) is 0 Å².